The lowest BCUT2D eigenvalue weighted by atomic mass is 10.1. The number of anilines is 1. The number of benzene rings is 3. The van der Waals surface area contributed by atoms with E-state index in [0.29, 0.717) is 11.5 Å². The molecule has 4 rings (SSSR count). The van der Waals surface area contributed by atoms with Gasteiger partial charge in [-0.3, -0.25) is 14.4 Å². The number of carbonyl (C=O) groups is 4. The molecule has 0 aromatic heterocycles. The van der Waals surface area contributed by atoms with Gasteiger partial charge in [-0.05, 0) is 67.6 Å². The molecule has 2 amide bonds. The zero-order valence-corrected chi connectivity index (χ0v) is 18.4. The van der Waals surface area contributed by atoms with Gasteiger partial charge in [0.25, 0.3) is 11.8 Å². The molecule has 0 bridgehead atoms. The molecule has 0 radical (unpaired) electrons. The minimum atomic E-state index is -0.719. The molecule has 160 valence electrons. The van der Waals surface area contributed by atoms with Crippen molar-refractivity contribution in [3.8, 4) is 11.5 Å². The molecule has 32 heavy (non-hydrogen) atoms. The van der Waals surface area contributed by atoms with Crippen LogP contribution in [0, 0.1) is 0 Å². The number of halogens is 1. The van der Waals surface area contributed by atoms with Gasteiger partial charge in [-0.2, -0.15) is 0 Å². The van der Waals surface area contributed by atoms with Crippen molar-refractivity contribution in [3.05, 3.63) is 87.9 Å². The Morgan fingerprint density at radius 1 is 0.875 bits per heavy atom. The molecule has 0 saturated heterocycles. The quantitative estimate of drug-likeness (QED) is 0.362. The molecular weight excluding hydrogens is 478 g/mol. The lowest BCUT2D eigenvalue weighted by molar-refractivity contribution is -0.120. The summed E-state index contributed by atoms with van der Waals surface area (Å²) in [5.41, 5.74) is 0.792. The normalized spacial score (nSPS) is 12.5. The Balaban J connectivity index is 1.59. The topological polar surface area (TPSA) is 90.0 Å². The van der Waals surface area contributed by atoms with Gasteiger partial charge in [-0.25, -0.2) is 9.69 Å². The minimum Gasteiger partial charge on any atom is -0.457 e. The molecule has 0 saturated carbocycles. The number of carbonyl (C=O) groups excluding carboxylic acids is 4. The monoisotopic (exact) mass is 493 g/mol. The number of amides is 2. The number of Topliss-reactive ketones (excluding diaryl/α,β-unsaturated/α-hetero) is 1. The van der Waals surface area contributed by atoms with Crippen LogP contribution in [0.25, 0.3) is 0 Å². The first-order valence-electron chi connectivity index (χ1n) is 9.56. The summed E-state index contributed by atoms with van der Waals surface area (Å²) in [5, 5.41) is 0. The summed E-state index contributed by atoms with van der Waals surface area (Å²) in [4.78, 5) is 50.1. The molecule has 1 heterocycles. The smallest absolute Gasteiger partial charge is 0.338 e. The molecule has 1 aliphatic heterocycles. The van der Waals surface area contributed by atoms with Gasteiger partial charge < -0.3 is 9.47 Å². The fraction of sp³-hybridized carbons (Fsp3) is 0.0833. The van der Waals surface area contributed by atoms with Crippen molar-refractivity contribution in [2.45, 2.75) is 6.92 Å². The number of ketones is 1. The van der Waals surface area contributed by atoms with Gasteiger partial charge in [-0.1, -0.05) is 22.0 Å². The second-order valence-corrected chi connectivity index (χ2v) is 7.95. The van der Waals surface area contributed by atoms with Gasteiger partial charge in [0.1, 0.15) is 18.1 Å². The number of nitrogens with zero attached hydrogens (tertiary/aromatic N) is 1. The van der Waals surface area contributed by atoms with E-state index in [0.717, 1.165) is 9.37 Å². The number of hydrogen-bond acceptors (Lipinski definition) is 6. The first kappa shape index (κ1) is 21.5. The Kier molecular flexibility index (Phi) is 5.87. The molecule has 3 aromatic carbocycles. The molecule has 8 heteroatoms. The summed E-state index contributed by atoms with van der Waals surface area (Å²) >= 11 is 3.36. The van der Waals surface area contributed by atoms with Gasteiger partial charge in [0, 0.05) is 4.47 Å². The molecule has 0 N–H and O–H groups in total. The van der Waals surface area contributed by atoms with Crippen molar-refractivity contribution < 1.29 is 28.7 Å². The van der Waals surface area contributed by atoms with E-state index in [1.165, 1.54) is 37.3 Å². The number of imide groups is 1. The Morgan fingerprint density at radius 2 is 1.56 bits per heavy atom. The summed E-state index contributed by atoms with van der Waals surface area (Å²) in [5.74, 6) is -1.05. The third-order valence-electron chi connectivity index (χ3n) is 4.65. The lowest BCUT2D eigenvalue weighted by Crippen LogP contribution is -2.29. The third kappa shape index (κ3) is 4.31. The van der Waals surface area contributed by atoms with E-state index in [9.17, 15) is 19.2 Å². The SMILES string of the molecule is CC(=O)COC(=O)c1cccc(N2C(=O)c3ccc(Oc4ccc(Br)cc4)cc3C2=O)c1. The highest BCUT2D eigenvalue weighted by molar-refractivity contribution is 9.10. The molecule has 0 aliphatic carbocycles. The Hall–Kier alpha value is -3.78. The van der Waals surface area contributed by atoms with Gasteiger partial charge in [0.05, 0.1) is 22.4 Å². The number of hydrogen-bond donors (Lipinski definition) is 0. The summed E-state index contributed by atoms with van der Waals surface area (Å²) in [6.45, 7) is 0.953. The zero-order valence-electron chi connectivity index (χ0n) is 16.8. The number of fused-ring (bicyclic) bond motifs is 1. The van der Waals surface area contributed by atoms with E-state index >= 15 is 0 Å². The maximum absolute atomic E-state index is 13.0. The molecule has 3 aromatic rings. The molecule has 0 unspecified atom stereocenters. The highest BCUT2D eigenvalue weighted by atomic mass is 79.9. The van der Waals surface area contributed by atoms with Crippen molar-refractivity contribution in [3.63, 3.8) is 0 Å². The fourth-order valence-corrected chi connectivity index (χ4v) is 3.44. The second kappa shape index (κ2) is 8.76. The van der Waals surface area contributed by atoms with Crippen LogP contribution in [0.4, 0.5) is 5.69 Å². The first-order chi connectivity index (χ1) is 15.3. The van der Waals surface area contributed by atoms with Crippen LogP contribution in [0.15, 0.2) is 71.2 Å². The Labute approximate surface area is 191 Å². The average molecular weight is 494 g/mol. The van der Waals surface area contributed by atoms with E-state index in [2.05, 4.69) is 15.9 Å². The minimum absolute atomic E-state index is 0.125. The van der Waals surface area contributed by atoms with Crippen LogP contribution >= 0.6 is 15.9 Å². The molecule has 0 spiro atoms. The molecule has 1 aliphatic rings. The van der Waals surface area contributed by atoms with E-state index in [1.54, 1.807) is 24.3 Å². The van der Waals surface area contributed by atoms with Crippen LogP contribution in [0.2, 0.25) is 0 Å². The standard InChI is InChI=1S/C24H16BrNO6/c1-14(27)13-31-24(30)15-3-2-4-17(11-15)26-22(28)20-10-9-19(12-21(20)23(26)29)32-18-7-5-16(25)6-8-18/h2-12H,13H2,1H3. The van der Waals surface area contributed by atoms with Crippen LogP contribution in [0.1, 0.15) is 38.0 Å². The predicted molar refractivity (Wildman–Crippen MR) is 119 cm³/mol. The average Bonchev–Trinajstić information content (AvgIpc) is 3.03. The number of rotatable bonds is 6. The number of ether oxygens (including phenoxy) is 2. The highest BCUT2D eigenvalue weighted by Gasteiger charge is 2.37. The van der Waals surface area contributed by atoms with Crippen molar-refractivity contribution in [1.29, 1.82) is 0 Å². The highest BCUT2D eigenvalue weighted by Crippen LogP contribution is 2.33. The number of esters is 1. The van der Waals surface area contributed by atoms with Crippen LogP contribution < -0.4 is 9.64 Å². The molecule has 7 nitrogen and oxygen atoms in total. The molecule has 0 atom stereocenters. The van der Waals surface area contributed by atoms with Crippen molar-refractivity contribution >= 4 is 45.2 Å². The summed E-state index contributed by atoms with van der Waals surface area (Å²) < 4.78 is 11.6. The summed E-state index contributed by atoms with van der Waals surface area (Å²) in [6.07, 6.45) is 0. The van der Waals surface area contributed by atoms with E-state index in [-0.39, 0.29) is 34.8 Å². The van der Waals surface area contributed by atoms with Crippen LogP contribution in [0.5, 0.6) is 11.5 Å². The van der Waals surface area contributed by atoms with Gasteiger partial charge in [0.2, 0.25) is 0 Å². The maximum Gasteiger partial charge on any atom is 0.338 e. The third-order valence-corrected chi connectivity index (χ3v) is 5.18. The largest absolute Gasteiger partial charge is 0.457 e. The zero-order chi connectivity index (χ0) is 22.8. The maximum atomic E-state index is 13.0. The summed E-state index contributed by atoms with van der Waals surface area (Å²) in [6, 6.07) is 17.8. The van der Waals surface area contributed by atoms with Gasteiger partial charge >= 0.3 is 5.97 Å². The Morgan fingerprint density at radius 3 is 2.28 bits per heavy atom. The van der Waals surface area contributed by atoms with Gasteiger partial charge in [0.15, 0.2) is 5.78 Å². The first-order valence-corrected chi connectivity index (χ1v) is 10.4. The van der Waals surface area contributed by atoms with Crippen molar-refractivity contribution in [2.24, 2.45) is 0 Å². The van der Waals surface area contributed by atoms with E-state index < -0.39 is 17.8 Å². The van der Waals surface area contributed by atoms with Gasteiger partial charge in [-0.15, -0.1) is 0 Å². The van der Waals surface area contributed by atoms with Crippen LogP contribution in [0.3, 0.4) is 0 Å². The van der Waals surface area contributed by atoms with Crippen LogP contribution in [-0.2, 0) is 9.53 Å². The summed E-state index contributed by atoms with van der Waals surface area (Å²) in [7, 11) is 0. The van der Waals surface area contributed by atoms with E-state index in [4.69, 9.17) is 9.47 Å². The van der Waals surface area contributed by atoms with Crippen LogP contribution in [-0.4, -0.2) is 30.2 Å². The predicted octanol–water partition coefficient (Wildman–Crippen LogP) is 4.79. The van der Waals surface area contributed by atoms with E-state index in [1.807, 2.05) is 12.1 Å². The fourth-order valence-electron chi connectivity index (χ4n) is 3.18. The lowest BCUT2D eigenvalue weighted by Gasteiger charge is -2.14. The molecule has 0 fully saturated rings. The second-order valence-electron chi connectivity index (χ2n) is 7.04. The van der Waals surface area contributed by atoms with Crippen molar-refractivity contribution in [1.82, 2.24) is 0 Å². The Bertz CT molecular complexity index is 1250. The van der Waals surface area contributed by atoms with Crippen molar-refractivity contribution in [2.75, 3.05) is 11.5 Å². The molecular formula is C24H16BrNO6.